The van der Waals surface area contributed by atoms with Gasteiger partial charge in [0.1, 0.15) is 0 Å². The molecule has 0 amide bonds. The second kappa shape index (κ2) is 4.07. The van der Waals surface area contributed by atoms with E-state index in [0.717, 1.165) is 5.56 Å². The average molecular weight is 265 g/mol. The van der Waals surface area contributed by atoms with E-state index in [-0.39, 0.29) is 11.6 Å². The zero-order chi connectivity index (χ0) is 10.0. The van der Waals surface area contributed by atoms with Gasteiger partial charge in [-0.3, -0.25) is 10.1 Å². The quantitative estimate of drug-likeness (QED) is 0.467. The largest absolute Gasteiger partial charge is 0.275 e. The molecule has 1 aromatic carbocycles. The number of hydrogen-bond donors (Lipinski definition) is 0. The molecule has 0 fully saturated rings. The van der Waals surface area contributed by atoms with Gasteiger partial charge in [-0.15, -0.1) is 11.6 Å². The zero-order valence-corrected chi connectivity index (χ0v) is 9.22. The average Bonchev–Trinajstić information content (AvgIpc) is 2.02. The van der Waals surface area contributed by atoms with Crippen LogP contribution in [0.3, 0.4) is 0 Å². The summed E-state index contributed by atoms with van der Waals surface area (Å²) in [6.07, 6.45) is 0. The second-order valence-corrected chi connectivity index (χ2v) is 3.76. The third-order valence-electron chi connectivity index (χ3n) is 1.65. The van der Waals surface area contributed by atoms with Gasteiger partial charge < -0.3 is 0 Å². The van der Waals surface area contributed by atoms with Crippen molar-refractivity contribution >= 4 is 33.2 Å². The Morgan fingerprint density at radius 3 is 2.69 bits per heavy atom. The van der Waals surface area contributed by atoms with E-state index in [2.05, 4.69) is 15.9 Å². The minimum Gasteiger partial charge on any atom is -0.258 e. The van der Waals surface area contributed by atoms with Crippen LogP contribution in [0.4, 0.5) is 5.69 Å². The first-order valence-electron chi connectivity index (χ1n) is 3.55. The summed E-state index contributed by atoms with van der Waals surface area (Å²) >= 11 is 8.84. The van der Waals surface area contributed by atoms with E-state index in [1.165, 1.54) is 6.07 Å². The number of nitro benzene ring substituents is 1. The summed E-state index contributed by atoms with van der Waals surface area (Å²) in [5.41, 5.74) is 1.44. The van der Waals surface area contributed by atoms with Gasteiger partial charge in [-0.25, -0.2) is 0 Å². The normalized spacial score (nSPS) is 10.1. The third-order valence-corrected chi connectivity index (χ3v) is 2.62. The van der Waals surface area contributed by atoms with Gasteiger partial charge in [-0.1, -0.05) is 15.9 Å². The second-order valence-electron chi connectivity index (χ2n) is 2.64. The van der Waals surface area contributed by atoms with Gasteiger partial charge in [-0.05, 0) is 18.6 Å². The van der Waals surface area contributed by atoms with E-state index in [1.807, 2.05) is 6.07 Å². The lowest BCUT2D eigenvalue weighted by Gasteiger charge is -2.03. The van der Waals surface area contributed by atoms with Crippen LogP contribution in [0.2, 0.25) is 0 Å². The third kappa shape index (κ3) is 2.19. The molecule has 0 aliphatic heterocycles. The Balaban J connectivity index is 3.38. The Kier molecular flexibility index (Phi) is 3.27. The lowest BCUT2D eigenvalue weighted by molar-refractivity contribution is -0.385. The van der Waals surface area contributed by atoms with Crippen molar-refractivity contribution in [1.29, 1.82) is 0 Å². The molecule has 0 heterocycles. The smallest absolute Gasteiger partial charge is 0.258 e. The summed E-state index contributed by atoms with van der Waals surface area (Å²) in [5, 5.41) is 10.6. The van der Waals surface area contributed by atoms with Crippen molar-refractivity contribution < 1.29 is 4.92 Å². The van der Waals surface area contributed by atoms with Crippen molar-refractivity contribution in [3.63, 3.8) is 0 Å². The van der Waals surface area contributed by atoms with Crippen LogP contribution in [0.5, 0.6) is 0 Å². The minimum absolute atomic E-state index is 0.0712. The van der Waals surface area contributed by atoms with Crippen LogP contribution >= 0.6 is 27.5 Å². The number of nitro groups is 1. The fourth-order valence-electron chi connectivity index (χ4n) is 1.05. The molecule has 0 saturated heterocycles. The summed E-state index contributed by atoms with van der Waals surface area (Å²) < 4.78 is 0.689. The Bertz CT molecular complexity index is 354. The fraction of sp³-hybridized carbons (Fsp3) is 0.250. The Hall–Kier alpha value is -0.610. The van der Waals surface area contributed by atoms with Gasteiger partial charge in [-0.2, -0.15) is 0 Å². The molecule has 0 aromatic heterocycles. The zero-order valence-electron chi connectivity index (χ0n) is 6.88. The van der Waals surface area contributed by atoms with Crippen LogP contribution in [-0.4, -0.2) is 4.92 Å². The van der Waals surface area contributed by atoms with Gasteiger partial charge in [0, 0.05) is 10.5 Å². The van der Waals surface area contributed by atoms with Crippen LogP contribution in [0.15, 0.2) is 16.6 Å². The highest BCUT2D eigenvalue weighted by atomic mass is 79.9. The van der Waals surface area contributed by atoms with Gasteiger partial charge in [0.2, 0.25) is 0 Å². The maximum Gasteiger partial charge on any atom is 0.275 e. The minimum atomic E-state index is -0.421. The highest BCUT2D eigenvalue weighted by Gasteiger charge is 2.16. The summed E-state index contributed by atoms with van der Waals surface area (Å²) in [6, 6.07) is 3.33. The number of halogens is 2. The molecule has 0 aliphatic rings. The molecule has 5 heteroatoms. The maximum atomic E-state index is 10.6. The van der Waals surface area contributed by atoms with E-state index >= 15 is 0 Å². The fourth-order valence-corrected chi connectivity index (χ4v) is 2.20. The van der Waals surface area contributed by atoms with Crippen molar-refractivity contribution in [3.8, 4) is 0 Å². The molecule has 0 aliphatic carbocycles. The Morgan fingerprint density at radius 2 is 2.23 bits per heavy atom. The highest BCUT2D eigenvalue weighted by Crippen LogP contribution is 2.29. The van der Waals surface area contributed by atoms with Gasteiger partial charge in [0.05, 0.1) is 16.4 Å². The standard InChI is InChI=1S/C8H7BrClNO2/c1-5-2-7(9)6(4-10)8(3-5)11(12)13/h2-3H,4H2,1H3. The van der Waals surface area contributed by atoms with Crippen LogP contribution in [0.1, 0.15) is 11.1 Å². The summed E-state index contributed by atoms with van der Waals surface area (Å²) in [5.74, 6) is 0.136. The molecule has 70 valence electrons. The summed E-state index contributed by atoms with van der Waals surface area (Å²) in [6.45, 7) is 1.80. The molecular formula is C8H7BrClNO2. The SMILES string of the molecule is Cc1cc(Br)c(CCl)c([N+](=O)[O-])c1. The molecule has 1 rings (SSSR count). The van der Waals surface area contributed by atoms with E-state index < -0.39 is 4.92 Å². The van der Waals surface area contributed by atoms with Gasteiger partial charge in [0.25, 0.3) is 5.69 Å². The number of alkyl halides is 1. The van der Waals surface area contributed by atoms with E-state index in [4.69, 9.17) is 11.6 Å². The highest BCUT2D eigenvalue weighted by molar-refractivity contribution is 9.10. The number of aryl methyl sites for hydroxylation is 1. The van der Waals surface area contributed by atoms with E-state index in [9.17, 15) is 10.1 Å². The molecule has 0 atom stereocenters. The number of nitrogens with zero attached hydrogens (tertiary/aromatic N) is 1. The number of hydrogen-bond acceptors (Lipinski definition) is 2. The first-order valence-corrected chi connectivity index (χ1v) is 4.88. The lowest BCUT2D eigenvalue weighted by atomic mass is 10.1. The van der Waals surface area contributed by atoms with Crippen molar-refractivity contribution in [2.45, 2.75) is 12.8 Å². The van der Waals surface area contributed by atoms with Crippen LogP contribution in [-0.2, 0) is 5.88 Å². The molecule has 13 heavy (non-hydrogen) atoms. The van der Waals surface area contributed by atoms with Crippen LogP contribution in [0.25, 0.3) is 0 Å². The van der Waals surface area contributed by atoms with Crippen molar-refractivity contribution in [1.82, 2.24) is 0 Å². The lowest BCUT2D eigenvalue weighted by Crippen LogP contribution is -1.95. The molecule has 0 radical (unpaired) electrons. The molecular weight excluding hydrogens is 257 g/mol. The molecule has 0 unspecified atom stereocenters. The monoisotopic (exact) mass is 263 g/mol. The van der Waals surface area contributed by atoms with Crippen molar-refractivity contribution in [2.24, 2.45) is 0 Å². The van der Waals surface area contributed by atoms with Crippen LogP contribution in [0, 0.1) is 17.0 Å². The molecule has 0 bridgehead atoms. The predicted octanol–water partition coefficient (Wildman–Crippen LogP) is 3.40. The van der Waals surface area contributed by atoms with Crippen molar-refractivity contribution in [2.75, 3.05) is 0 Å². The number of benzene rings is 1. The summed E-state index contributed by atoms with van der Waals surface area (Å²) in [7, 11) is 0. The predicted molar refractivity (Wildman–Crippen MR) is 55.1 cm³/mol. The molecule has 0 N–H and O–H groups in total. The topological polar surface area (TPSA) is 43.1 Å². The molecule has 3 nitrogen and oxygen atoms in total. The Morgan fingerprint density at radius 1 is 1.62 bits per heavy atom. The first-order chi connectivity index (χ1) is 6.06. The van der Waals surface area contributed by atoms with E-state index in [0.29, 0.717) is 10.0 Å². The molecule has 0 saturated carbocycles. The molecule has 1 aromatic rings. The maximum absolute atomic E-state index is 10.6. The molecule has 0 spiro atoms. The van der Waals surface area contributed by atoms with Crippen LogP contribution < -0.4 is 0 Å². The van der Waals surface area contributed by atoms with Crippen molar-refractivity contribution in [3.05, 3.63) is 37.8 Å². The number of rotatable bonds is 2. The summed E-state index contributed by atoms with van der Waals surface area (Å²) in [4.78, 5) is 10.2. The van der Waals surface area contributed by atoms with Gasteiger partial charge >= 0.3 is 0 Å². The Labute approximate surface area is 89.0 Å². The van der Waals surface area contributed by atoms with E-state index in [1.54, 1.807) is 6.92 Å². The van der Waals surface area contributed by atoms with Gasteiger partial charge in [0.15, 0.2) is 0 Å². The first kappa shape index (κ1) is 10.5.